The number of amides is 1. The van der Waals surface area contributed by atoms with E-state index >= 15 is 0 Å². The Morgan fingerprint density at radius 1 is 0.714 bits per heavy atom. The van der Waals surface area contributed by atoms with Gasteiger partial charge in [-0.2, -0.15) is 0 Å². The van der Waals surface area contributed by atoms with Crippen molar-refractivity contribution < 1.29 is 14.4 Å². The number of benzene rings is 3. The lowest BCUT2D eigenvalue weighted by atomic mass is 9.83. The molecule has 1 amide bonds. The average Bonchev–Trinajstić information content (AvgIpc) is 2.76. The molecule has 4 nitrogen and oxygen atoms in total. The molecule has 1 aliphatic heterocycles. The maximum Gasteiger partial charge on any atom is 0.254 e. The monoisotopic (exact) mass is 367 g/mol. The average molecular weight is 367 g/mol. The summed E-state index contributed by atoms with van der Waals surface area (Å²) >= 11 is 0. The predicted octanol–water partition coefficient (Wildman–Crippen LogP) is 3.66. The number of ketones is 2. The minimum absolute atomic E-state index is 0.114. The fraction of sp³-hybridized carbons (Fsp3) is 0.125. The van der Waals surface area contributed by atoms with Gasteiger partial charge in [-0.1, -0.05) is 48.5 Å². The predicted molar refractivity (Wildman–Crippen MR) is 105 cm³/mol. The molecule has 1 aliphatic carbocycles. The molecule has 0 aromatic heterocycles. The van der Waals surface area contributed by atoms with E-state index in [0.29, 0.717) is 40.9 Å². The summed E-state index contributed by atoms with van der Waals surface area (Å²) < 4.78 is 0. The van der Waals surface area contributed by atoms with Crippen LogP contribution < -0.4 is 0 Å². The summed E-state index contributed by atoms with van der Waals surface area (Å²) in [7, 11) is 0. The molecule has 4 heteroatoms. The van der Waals surface area contributed by atoms with Crippen LogP contribution in [0.2, 0.25) is 0 Å². The smallest absolute Gasteiger partial charge is 0.254 e. The zero-order valence-corrected chi connectivity index (χ0v) is 15.1. The van der Waals surface area contributed by atoms with Crippen molar-refractivity contribution in [2.45, 2.75) is 13.0 Å². The fourth-order valence-corrected chi connectivity index (χ4v) is 4.08. The number of hydrogen-bond donors (Lipinski definition) is 0. The fourth-order valence-electron chi connectivity index (χ4n) is 4.08. The molecule has 0 saturated carbocycles. The van der Waals surface area contributed by atoms with Crippen molar-refractivity contribution in [1.82, 2.24) is 4.90 Å². The molecule has 0 bridgehead atoms. The lowest BCUT2D eigenvalue weighted by Gasteiger charge is -2.29. The van der Waals surface area contributed by atoms with Gasteiger partial charge in [0, 0.05) is 40.9 Å². The number of nitrogens with zero attached hydrogens (tertiary/aromatic N) is 1. The van der Waals surface area contributed by atoms with E-state index in [1.54, 1.807) is 47.4 Å². The maximum absolute atomic E-state index is 13.1. The Morgan fingerprint density at radius 2 is 1.32 bits per heavy atom. The van der Waals surface area contributed by atoms with Crippen molar-refractivity contribution in [2.24, 2.45) is 0 Å². The van der Waals surface area contributed by atoms with E-state index in [0.717, 1.165) is 12.0 Å². The highest BCUT2D eigenvalue weighted by Gasteiger charge is 2.30. The second kappa shape index (κ2) is 6.27. The van der Waals surface area contributed by atoms with Crippen molar-refractivity contribution in [3.63, 3.8) is 0 Å². The van der Waals surface area contributed by atoms with Gasteiger partial charge in [-0.15, -0.1) is 0 Å². The Morgan fingerprint density at radius 3 is 2.07 bits per heavy atom. The molecule has 0 N–H and O–H groups in total. The van der Waals surface area contributed by atoms with Crippen molar-refractivity contribution in [1.29, 1.82) is 0 Å². The first-order valence-corrected chi connectivity index (χ1v) is 9.32. The first-order chi connectivity index (χ1) is 13.6. The first kappa shape index (κ1) is 16.6. The third-order valence-corrected chi connectivity index (χ3v) is 5.59. The molecule has 136 valence electrons. The second-order valence-corrected chi connectivity index (χ2v) is 7.21. The minimum Gasteiger partial charge on any atom is -0.334 e. The van der Waals surface area contributed by atoms with Crippen LogP contribution in [0.3, 0.4) is 0 Å². The van der Waals surface area contributed by atoms with Crippen LogP contribution >= 0.6 is 0 Å². The van der Waals surface area contributed by atoms with Crippen LogP contribution in [0.25, 0.3) is 0 Å². The highest BCUT2D eigenvalue weighted by molar-refractivity contribution is 6.28. The number of hydrogen-bond acceptors (Lipinski definition) is 3. The Kier molecular flexibility index (Phi) is 3.72. The van der Waals surface area contributed by atoms with Gasteiger partial charge in [-0.05, 0) is 35.7 Å². The lowest BCUT2D eigenvalue weighted by Crippen LogP contribution is -2.36. The molecule has 5 rings (SSSR count). The van der Waals surface area contributed by atoms with Gasteiger partial charge in [0.25, 0.3) is 5.91 Å². The number of carbonyl (C=O) groups is 3. The SMILES string of the molecule is O=C1c2ccccc2C(=O)c2cc(C(=O)N3CCc4ccccc4C3)ccc21. The van der Waals surface area contributed by atoms with E-state index in [2.05, 4.69) is 6.07 Å². The van der Waals surface area contributed by atoms with Crippen molar-refractivity contribution in [2.75, 3.05) is 6.54 Å². The largest absolute Gasteiger partial charge is 0.334 e. The highest BCUT2D eigenvalue weighted by atomic mass is 16.2. The summed E-state index contributed by atoms with van der Waals surface area (Å²) in [6.45, 7) is 1.20. The molecule has 0 atom stereocenters. The number of rotatable bonds is 1. The molecule has 0 spiro atoms. The Labute approximate surface area is 162 Å². The Balaban J connectivity index is 1.49. The molecular weight excluding hydrogens is 350 g/mol. The van der Waals surface area contributed by atoms with Gasteiger partial charge in [-0.25, -0.2) is 0 Å². The van der Waals surface area contributed by atoms with Crippen LogP contribution in [0.15, 0.2) is 66.7 Å². The van der Waals surface area contributed by atoms with E-state index in [9.17, 15) is 14.4 Å². The lowest BCUT2D eigenvalue weighted by molar-refractivity contribution is 0.0734. The van der Waals surface area contributed by atoms with E-state index in [4.69, 9.17) is 0 Å². The molecule has 0 saturated heterocycles. The maximum atomic E-state index is 13.1. The zero-order chi connectivity index (χ0) is 19.3. The molecule has 0 fully saturated rings. The molecule has 28 heavy (non-hydrogen) atoms. The normalized spacial score (nSPS) is 14.9. The van der Waals surface area contributed by atoms with Crippen molar-refractivity contribution in [3.8, 4) is 0 Å². The van der Waals surface area contributed by atoms with Crippen LogP contribution in [0.4, 0.5) is 0 Å². The second-order valence-electron chi connectivity index (χ2n) is 7.21. The van der Waals surface area contributed by atoms with Gasteiger partial charge in [0.2, 0.25) is 0 Å². The molecule has 0 unspecified atom stereocenters. The summed E-state index contributed by atoms with van der Waals surface area (Å²) in [6.07, 6.45) is 0.817. The molecular formula is C24H17NO3. The van der Waals surface area contributed by atoms with Gasteiger partial charge in [0.05, 0.1) is 0 Å². The molecule has 3 aromatic rings. The van der Waals surface area contributed by atoms with Crippen LogP contribution in [-0.4, -0.2) is 28.9 Å². The van der Waals surface area contributed by atoms with E-state index in [1.807, 2.05) is 18.2 Å². The summed E-state index contributed by atoms with van der Waals surface area (Å²) in [6, 6.07) is 19.8. The third-order valence-electron chi connectivity index (χ3n) is 5.59. The summed E-state index contributed by atoms with van der Waals surface area (Å²) in [4.78, 5) is 40.5. The molecule has 1 heterocycles. The van der Waals surface area contributed by atoms with Crippen molar-refractivity contribution in [3.05, 3.63) is 106 Å². The molecule has 2 aliphatic rings. The van der Waals surface area contributed by atoms with E-state index in [-0.39, 0.29) is 17.5 Å². The van der Waals surface area contributed by atoms with Crippen LogP contribution in [0, 0.1) is 0 Å². The first-order valence-electron chi connectivity index (χ1n) is 9.32. The quantitative estimate of drug-likeness (QED) is 0.516. The van der Waals surface area contributed by atoms with Gasteiger partial charge in [0.1, 0.15) is 0 Å². The van der Waals surface area contributed by atoms with Crippen LogP contribution in [0.1, 0.15) is 53.3 Å². The van der Waals surface area contributed by atoms with Gasteiger partial charge in [-0.3, -0.25) is 14.4 Å². The standard InChI is InChI=1S/C24H17NO3/c26-22-18-7-3-4-8-19(18)23(27)21-13-16(9-10-20(21)22)24(28)25-12-11-15-5-1-2-6-17(15)14-25/h1-10,13H,11-12,14H2. The number of fused-ring (bicyclic) bond motifs is 3. The zero-order valence-electron chi connectivity index (χ0n) is 15.1. The summed E-state index contributed by atoms with van der Waals surface area (Å²) in [5.41, 5.74) is 4.37. The Hall–Kier alpha value is -3.53. The highest BCUT2D eigenvalue weighted by Crippen LogP contribution is 2.29. The minimum atomic E-state index is -0.205. The Bertz CT molecular complexity index is 1160. The van der Waals surface area contributed by atoms with Gasteiger partial charge in [0.15, 0.2) is 11.6 Å². The third kappa shape index (κ3) is 2.49. The van der Waals surface area contributed by atoms with E-state index < -0.39 is 0 Å². The van der Waals surface area contributed by atoms with Crippen LogP contribution in [-0.2, 0) is 13.0 Å². The summed E-state index contributed by atoms with van der Waals surface area (Å²) in [5.74, 6) is -0.489. The van der Waals surface area contributed by atoms with Gasteiger partial charge >= 0.3 is 0 Å². The molecule has 0 radical (unpaired) electrons. The van der Waals surface area contributed by atoms with Crippen molar-refractivity contribution >= 4 is 17.5 Å². The van der Waals surface area contributed by atoms with Gasteiger partial charge < -0.3 is 4.90 Å². The van der Waals surface area contributed by atoms with Crippen LogP contribution in [0.5, 0.6) is 0 Å². The topological polar surface area (TPSA) is 54.5 Å². The molecule has 3 aromatic carbocycles. The number of carbonyl (C=O) groups excluding carboxylic acids is 3. The van der Waals surface area contributed by atoms with E-state index in [1.165, 1.54) is 5.56 Å². The summed E-state index contributed by atoms with van der Waals surface area (Å²) in [5, 5.41) is 0.